The highest BCUT2D eigenvalue weighted by Gasteiger charge is 2.39. The smallest absolute Gasteiger partial charge is 0.407 e. The first-order valence-electron chi connectivity index (χ1n) is 17.9. The van der Waals surface area contributed by atoms with E-state index in [0.29, 0.717) is 6.61 Å². The van der Waals surface area contributed by atoms with Crippen molar-refractivity contribution < 1.29 is 23.8 Å². The molecule has 0 spiro atoms. The van der Waals surface area contributed by atoms with Crippen LogP contribution in [0.4, 0.5) is 4.79 Å². The predicted octanol–water partition coefficient (Wildman–Crippen LogP) is 9.76. The molecule has 0 unspecified atom stereocenters. The molecule has 6 nitrogen and oxygen atoms in total. The van der Waals surface area contributed by atoms with Crippen molar-refractivity contribution in [1.29, 1.82) is 0 Å². The van der Waals surface area contributed by atoms with E-state index < -0.39 is 22.9 Å². The molecule has 1 aliphatic rings. The van der Waals surface area contributed by atoms with Crippen LogP contribution in [0.2, 0.25) is 0 Å². The van der Waals surface area contributed by atoms with Crippen LogP contribution < -0.4 is 10.1 Å². The fraction of sp³-hybridized carbons (Fsp3) is 0.174. The normalized spacial score (nSPS) is 12.6. The Morgan fingerprint density at radius 3 is 1.64 bits per heavy atom. The Morgan fingerprint density at radius 1 is 0.642 bits per heavy atom. The first-order chi connectivity index (χ1) is 26.1. The van der Waals surface area contributed by atoms with Gasteiger partial charge in [-0.25, -0.2) is 9.59 Å². The minimum atomic E-state index is -1.02. The average Bonchev–Trinajstić information content (AvgIpc) is 3.54. The van der Waals surface area contributed by atoms with E-state index in [0.717, 1.165) is 50.3 Å². The number of carbonyl (C=O) groups is 2. The zero-order valence-electron chi connectivity index (χ0n) is 29.5. The molecule has 7 rings (SSSR count). The second-order valence-electron chi connectivity index (χ2n) is 12.8. The molecule has 1 N–H and O–H groups in total. The summed E-state index contributed by atoms with van der Waals surface area (Å²) in [4.78, 5) is 27.7. The van der Waals surface area contributed by atoms with Gasteiger partial charge in [0, 0.05) is 11.7 Å². The minimum absolute atomic E-state index is 0.0416. The molecule has 1 amide bonds. The second-order valence-corrected chi connectivity index (χ2v) is 14.0. The third kappa shape index (κ3) is 7.86. The van der Waals surface area contributed by atoms with Gasteiger partial charge < -0.3 is 19.5 Å². The van der Waals surface area contributed by atoms with Crippen LogP contribution in [-0.2, 0) is 25.6 Å². The Hall–Kier alpha value is -5.79. The zero-order chi connectivity index (χ0) is 36.5. The molecule has 0 saturated heterocycles. The van der Waals surface area contributed by atoms with Crippen molar-refractivity contribution in [2.24, 2.45) is 0 Å². The van der Waals surface area contributed by atoms with E-state index in [1.54, 1.807) is 11.8 Å². The van der Waals surface area contributed by atoms with Crippen molar-refractivity contribution in [3.8, 4) is 16.9 Å². The summed E-state index contributed by atoms with van der Waals surface area (Å²) in [6.45, 7) is 2.66. The number of hydrogen-bond donors (Lipinski definition) is 1. The number of rotatable bonds is 14. The van der Waals surface area contributed by atoms with E-state index in [9.17, 15) is 9.59 Å². The molecule has 1 aliphatic carbocycles. The molecule has 0 heterocycles. The van der Waals surface area contributed by atoms with Crippen LogP contribution in [-0.4, -0.2) is 37.1 Å². The summed E-state index contributed by atoms with van der Waals surface area (Å²) in [6, 6.07) is 53.5. The molecule has 0 radical (unpaired) electrons. The van der Waals surface area contributed by atoms with Gasteiger partial charge in [0.15, 0.2) is 0 Å². The van der Waals surface area contributed by atoms with Gasteiger partial charge in [0.25, 0.3) is 0 Å². The number of carbonyl (C=O) groups excluding carboxylic acids is 2. The van der Waals surface area contributed by atoms with E-state index in [-0.39, 0.29) is 24.9 Å². The third-order valence-electron chi connectivity index (χ3n) is 9.54. The first-order valence-corrected chi connectivity index (χ1v) is 18.9. The van der Waals surface area contributed by atoms with Crippen LogP contribution >= 0.6 is 11.8 Å². The number of nitrogens with one attached hydrogen (secondary N) is 1. The number of hydrogen-bond acceptors (Lipinski definition) is 6. The lowest BCUT2D eigenvalue weighted by Crippen LogP contribution is -2.45. The van der Waals surface area contributed by atoms with Crippen molar-refractivity contribution in [3.05, 3.63) is 197 Å². The number of ether oxygens (including phenoxy) is 3. The maximum atomic E-state index is 14.0. The Balaban J connectivity index is 1.16. The molecule has 7 heteroatoms. The molecule has 53 heavy (non-hydrogen) atoms. The largest absolute Gasteiger partial charge is 0.494 e. The summed E-state index contributed by atoms with van der Waals surface area (Å²) in [5.41, 5.74) is 8.46. The van der Waals surface area contributed by atoms with Crippen LogP contribution in [0, 0.1) is 0 Å². The first kappa shape index (κ1) is 35.6. The van der Waals surface area contributed by atoms with Gasteiger partial charge in [-0.1, -0.05) is 152 Å². The van der Waals surface area contributed by atoms with Gasteiger partial charge in [0.05, 0.1) is 11.4 Å². The van der Waals surface area contributed by atoms with Crippen LogP contribution in [0.3, 0.4) is 0 Å². The lowest BCUT2D eigenvalue weighted by atomic mass is 9.84. The van der Waals surface area contributed by atoms with E-state index in [1.165, 1.54) is 0 Å². The molecule has 0 aliphatic heterocycles. The second kappa shape index (κ2) is 16.7. The van der Waals surface area contributed by atoms with Crippen LogP contribution in [0.15, 0.2) is 164 Å². The van der Waals surface area contributed by atoms with Gasteiger partial charge in [-0.05, 0) is 63.6 Å². The maximum Gasteiger partial charge on any atom is 0.407 e. The van der Waals surface area contributed by atoms with E-state index in [1.807, 2.05) is 110 Å². The van der Waals surface area contributed by atoms with Gasteiger partial charge >= 0.3 is 12.1 Å². The Kier molecular flexibility index (Phi) is 11.2. The molecular formula is C46H41NO5S. The molecule has 0 fully saturated rings. The summed E-state index contributed by atoms with van der Waals surface area (Å²) in [7, 11) is 0. The number of thioether (sulfide) groups is 1. The minimum Gasteiger partial charge on any atom is -0.494 e. The Labute approximate surface area is 315 Å². The molecule has 0 saturated carbocycles. The molecule has 0 bridgehead atoms. The number of benzene rings is 6. The SMILES string of the molecule is CCOc1ccc(COC(=O)[C@@H](CSC(c2ccccc2)(c2ccccc2)c2ccccc2)NC(=O)OCC2c3ccccc3-c3ccccc32)cc1. The van der Waals surface area contributed by atoms with Crippen molar-refractivity contribution in [1.82, 2.24) is 5.32 Å². The van der Waals surface area contributed by atoms with Gasteiger partial charge in [0.1, 0.15) is 25.0 Å². The summed E-state index contributed by atoms with van der Waals surface area (Å²) >= 11 is 1.57. The highest BCUT2D eigenvalue weighted by molar-refractivity contribution is 8.00. The fourth-order valence-electron chi connectivity index (χ4n) is 7.03. The predicted molar refractivity (Wildman–Crippen MR) is 211 cm³/mol. The number of alkyl carbamates (subject to hydrolysis) is 1. The number of esters is 1. The summed E-state index contributed by atoms with van der Waals surface area (Å²) in [5.74, 6) is 0.274. The van der Waals surface area contributed by atoms with Gasteiger partial charge in [-0.3, -0.25) is 0 Å². The van der Waals surface area contributed by atoms with Crippen LogP contribution in [0.25, 0.3) is 11.1 Å². The quantitative estimate of drug-likeness (QED) is 0.0893. The van der Waals surface area contributed by atoms with Gasteiger partial charge in [-0.2, -0.15) is 0 Å². The standard InChI is InChI=1S/C46H41NO5S/c1-2-50-37-28-26-33(27-29-37)30-51-44(48)43(47-45(49)52-31-42-40-24-14-12-22-38(40)39-23-13-15-25-41(39)42)32-53-46(34-16-6-3-7-17-34,35-18-8-4-9-19-35)36-20-10-5-11-21-36/h3-29,42-43H,2,30-32H2,1H3,(H,47,49)/t43-/m1/s1. The highest BCUT2D eigenvalue weighted by Crippen LogP contribution is 2.49. The summed E-state index contributed by atoms with van der Waals surface area (Å²) < 4.78 is 16.7. The average molecular weight is 720 g/mol. The van der Waals surface area contributed by atoms with E-state index in [2.05, 4.69) is 66.0 Å². The lowest BCUT2D eigenvalue weighted by Gasteiger charge is -2.36. The monoisotopic (exact) mass is 719 g/mol. The van der Waals surface area contributed by atoms with Gasteiger partial charge in [0.2, 0.25) is 0 Å². The van der Waals surface area contributed by atoms with Crippen molar-refractivity contribution in [3.63, 3.8) is 0 Å². The van der Waals surface area contributed by atoms with Crippen molar-refractivity contribution in [2.75, 3.05) is 19.0 Å². The van der Waals surface area contributed by atoms with E-state index in [4.69, 9.17) is 14.2 Å². The molecule has 266 valence electrons. The highest BCUT2D eigenvalue weighted by atomic mass is 32.2. The molecule has 6 aromatic carbocycles. The number of fused-ring (bicyclic) bond motifs is 3. The van der Waals surface area contributed by atoms with Crippen molar-refractivity contribution >= 4 is 23.8 Å². The Bertz CT molecular complexity index is 1980. The molecule has 6 aromatic rings. The van der Waals surface area contributed by atoms with Gasteiger partial charge in [-0.15, -0.1) is 11.8 Å². The maximum absolute atomic E-state index is 14.0. The topological polar surface area (TPSA) is 73.9 Å². The Morgan fingerprint density at radius 2 is 1.13 bits per heavy atom. The van der Waals surface area contributed by atoms with E-state index >= 15 is 0 Å². The van der Waals surface area contributed by atoms with Crippen LogP contribution in [0.1, 0.15) is 46.2 Å². The van der Waals surface area contributed by atoms with Crippen LogP contribution in [0.5, 0.6) is 5.75 Å². The summed E-state index contributed by atoms with van der Waals surface area (Å²) in [5, 5.41) is 2.90. The number of amides is 1. The molecule has 1 atom stereocenters. The van der Waals surface area contributed by atoms with Crippen molar-refractivity contribution in [2.45, 2.75) is 30.2 Å². The third-order valence-corrected chi connectivity index (χ3v) is 11.2. The lowest BCUT2D eigenvalue weighted by molar-refractivity contribution is -0.146. The fourth-order valence-corrected chi connectivity index (χ4v) is 8.58. The zero-order valence-corrected chi connectivity index (χ0v) is 30.3. The molecule has 0 aromatic heterocycles. The summed E-state index contributed by atoms with van der Waals surface area (Å²) in [6.07, 6.45) is -0.680. The molecular weight excluding hydrogens is 679 g/mol.